The molecule has 5 heteroatoms. The topological polar surface area (TPSA) is 60.9 Å². The molecule has 1 fully saturated rings. The summed E-state index contributed by atoms with van der Waals surface area (Å²) < 4.78 is 0. The van der Waals surface area contributed by atoms with Crippen LogP contribution in [0.5, 0.6) is 0 Å². The Balaban J connectivity index is 2.03. The third kappa shape index (κ3) is 5.30. The van der Waals surface area contributed by atoms with Crippen LogP contribution in [0, 0.1) is 11.8 Å². The molecule has 1 aromatic carbocycles. The van der Waals surface area contributed by atoms with Crippen molar-refractivity contribution in [3.05, 3.63) is 35.4 Å². The van der Waals surface area contributed by atoms with Crippen LogP contribution in [0.3, 0.4) is 0 Å². The number of nitrogens with zero attached hydrogens (tertiary/aromatic N) is 2. The van der Waals surface area contributed by atoms with E-state index in [0.29, 0.717) is 25.1 Å². The van der Waals surface area contributed by atoms with Gasteiger partial charge in [0.2, 0.25) is 0 Å². The van der Waals surface area contributed by atoms with Crippen LogP contribution in [-0.4, -0.2) is 53.0 Å². The number of carboxylic acid groups (broad SMARTS) is 1. The quantitative estimate of drug-likeness (QED) is 0.824. The first-order valence-corrected chi connectivity index (χ1v) is 9.27. The lowest BCUT2D eigenvalue weighted by Crippen LogP contribution is -2.45. The Bertz CT molecular complexity index is 585. The number of aliphatic carboxylic acids is 1. The molecular weight excluding hydrogens is 316 g/mol. The van der Waals surface area contributed by atoms with E-state index < -0.39 is 11.9 Å². The number of likely N-dealkylation sites (tertiary alicyclic amines) is 1. The molecular formula is C20H30N2O3. The van der Waals surface area contributed by atoms with E-state index in [2.05, 4.69) is 18.7 Å². The minimum Gasteiger partial charge on any atom is -0.481 e. The number of rotatable bonds is 7. The Kier molecular flexibility index (Phi) is 7.00. The minimum absolute atomic E-state index is 0.0646. The molecule has 0 saturated carbocycles. The smallest absolute Gasteiger partial charge is 0.308 e. The van der Waals surface area contributed by atoms with Crippen molar-refractivity contribution in [1.82, 2.24) is 9.80 Å². The number of piperidine rings is 1. The predicted octanol–water partition coefficient (Wildman–Crippen LogP) is 3.10. The molecule has 5 nitrogen and oxygen atoms in total. The fourth-order valence-corrected chi connectivity index (χ4v) is 3.56. The standard InChI is InChI=1S/C20H30N2O3/c1-4-10-21(5-2)13-16-6-8-17(9-7-16)19(23)22-12-15(3)11-18(14-22)20(24)25/h6-9,15,18H,4-5,10-14H2,1-3H3,(H,24,25). The normalized spacial score (nSPS) is 20.7. The van der Waals surface area contributed by atoms with Crippen LogP contribution >= 0.6 is 0 Å². The van der Waals surface area contributed by atoms with Gasteiger partial charge in [0.05, 0.1) is 5.92 Å². The van der Waals surface area contributed by atoms with Crippen molar-refractivity contribution in [2.24, 2.45) is 11.8 Å². The summed E-state index contributed by atoms with van der Waals surface area (Å²) in [6, 6.07) is 7.75. The van der Waals surface area contributed by atoms with Crippen molar-refractivity contribution in [2.45, 2.75) is 40.2 Å². The summed E-state index contributed by atoms with van der Waals surface area (Å²) in [5.74, 6) is -1.12. The molecule has 1 aromatic rings. The predicted molar refractivity (Wildman–Crippen MR) is 98.5 cm³/mol. The second-order valence-corrected chi connectivity index (χ2v) is 7.15. The van der Waals surface area contributed by atoms with Crippen LogP contribution in [0.2, 0.25) is 0 Å². The lowest BCUT2D eigenvalue weighted by Gasteiger charge is -2.34. The van der Waals surface area contributed by atoms with Crippen molar-refractivity contribution in [2.75, 3.05) is 26.2 Å². The lowest BCUT2D eigenvalue weighted by molar-refractivity contribution is -0.143. The van der Waals surface area contributed by atoms with Gasteiger partial charge in [-0.05, 0) is 49.5 Å². The molecule has 1 heterocycles. The zero-order valence-electron chi connectivity index (χ0n) is 15.6. The SMILES string of the molecule is CCCN(CC)Cc1ccc(C(=O)N2CC(C)CC(C(=O)O)C2)cc1. The molecule has 2 rings (SSSR count). The molecule has 1 aliphatic rings. The van der Waals surface area contributed by atoms with Crippen molar-refractivity contribution < 1.29 is 14.7 Å². The summed E-state index contributed by atoms with van der Waals surface area (Å²) in [6.45, 7) is 10.2. The number of carbonyl (C=O) groups is 2. The van der Waals surface area contributed by atoms with E-state index >= 15 is 0 Å². The number of hydrogen-bond donors (Lipinski definition) is 1. The average Bonchev–Trinajstić information content (AvgIpc) is 2.60. The van der Waals surface area contributed by atoms with Gasteiger partial charge in [0.15, 0.2) is 0 Å². The molecule has 2 unspecified atom stereocenters. The van der Waals surface area contributed by atoms with E-state index in [1.807, 2.05) is 31.2 Å². The number of hydrogen-bond acceptors (Lipinski definition) is 3. The highest BCUT2D eigenvalue weighted by Crippen LogP contribution is 2.23. The fourth-order valence-electron chi connectivity index (χ4n) is 3.56. The Hall–Kier alpha value is -1.88. The molecule has 138 valence electrons. The summed E-state index contributed by atoms with van der Waals surface area (Å²) in [7, 11) is 0. The van der Waals surface area contributed by atoms with Gasteiger partial charge in [-0.25, -0.2) is 0 Å². The van der Waals surface area contributed by atoms with Crippen LogP contribution in [0.4, 0.5) is 0 Å². The fraction of sp³-hybridized carbons (Fsp3) is 0.600. The summed E-state index contributed by atoms with van der Waals surface area (Å²) in [6.07, 6.45) is 1.77. The maximum absolute atomic E-state index is 12.7. The molecule has 1 amide bonds. The minimum atomic E-state index is -0.810. The summed E-state index contributed by atoms with van der Waals surface area (Å²) >= 11 is 0. The first kappa shape index (κ1) is 19.4. The van der Waals surface area contributed by atoms with Gasteiger partial charge in [0.25, 0.3) is 5.91 Å². The van der Waals surface area contributed by atoms with Gasteiger partial charge in [0.1, 0.15) is 0 Å². The Morgan fingerprint density at radius 3 is 2.44 bits per heavy atom. The summed E-state index contributed by atoms with van der Waals surface area (Å²) in [4.78, 5) is 28.1. The Morgan fingerprint density at radius 2 is 1.88 bits per heavy atom. The number of carbonyl (C=O) groups excluding carboxylic acids is 1. The van der Waals surface area contributed by atoms with Crippen molar-refractivity contribution >= 4 is 11.9 Å². The molecule has 25 heavy (non-hydrogen) atoms. The molecule has 0 aliphatic carbocycles. The molecule has 1 N–H and O–H groups in total. The van der Waals surface area contributed by atoms with Gasteiger partial charge in [-0.15, -0.1) is 0 Å². The number of benzene rings is 1. The van der Waals surface area contributed by atoms with Crippen molar-refractivity contribution in [1.29, 1.82) is 0 Å². The molecule has 1 saturated heterocycles. The molecule has 0 bridgehead atoms. The van der Waals surface area contributed by atoms with Crippen LogP contribution in [0.1, 0.15) is 49.5 Å². The maximum Gasteiger partial charge on any atom is 0.308 e. The lowest BCUT2D eigenvalue weighted by atomic mass is 9.90. The third-order valence-electron chi connectivity index (χ3n) is 4.89. The first-order chi connectivity index (χ1) is 11.9. The van der Waals surface area contributed by atoms with E-state index in [-0.39, 0.29) is 11.8 Å². The van der Waals surface area contributed by atoms with Crippen LogP contribution < -0.4 is 0 Å². The van der Waals surface area contributed by atoms with Crippen LogP contribution in [-0.2, 0) is 11.3 Å². The number of amides is 1. The monoisotopic (exact) mass is 346 g/mol. The summed E-state index contributed by atoms with van der Waals surface area (Å²) in [5, 5.41) is 9.27. The Labute approximate surface area is 150 Å². The van der Waals surface area contributed by atoms with E-state index in [9.17, 15) is 14.7 Å². The molecule has 2 atom stereocenters. The van der Waals surface area contributed by atoms with Crippen LogP contribution in [0.25, 0.3) is 0 Å². The van der Waals surface area contributed by atoms with Gasteiger partial charge >= 0.3 is 5.97 Å². The van der Waals surface area contributed by atoms with Gasteiger partial charge in [0, 0.05) is 25.2 Å². The molecule has 0 radical (unpaired) electrons. The van der Waals surface area contributed by atoms with Crippen molar-refractivity contribution in [3.8, 4) is 0 Å². The van der Waals surface area contributed by atoms with Crippen LogP contribution in [0.15, 0.2) is 24.3 Å². The first-order valence-electron chi connectivity index (χ1n) is 9.27. The number of carboxylic acids is 1. The largest absolute Gasteiger partial charge is 0.481 e. The maximum atomic E-state index is 12.7. The van der Waals surface area contributed by atoms with E-state index in [1.165, 1.54) is 5.56 Å². The highest BCUT2D eigenvalue weighted by atomic mass is 16.4. The molecule has 0 aromatic heterocycles. The van der Waals surface area contributed by atoms with E-state index in [0.717, 1.165) is 26.1 Å². The molecule has 1 aliphatic heterocycles. The van der Waals surface area contributed by atoms with Gasteiger partial charge in [-0.3, -0.25) is 14.5 Å². The second kappa shape index (κ2) is 8.99. The highest BCUT2D eigenvalue weighted by molar-refractivity contribution is 5.94. The van der Waals surface area contributed by atoms with E-state index in [1.54, 1.807) is 4.90 Å². The Morgan fingerprint density at radius 1 is 1.20 bits per heavy atom. The molecule has 0 spiro atoms. The van der Waals surface area contributed by atoms with E-state index in [4.69, 9.17) is 0 Å². The second-order valence-electron chi connectivity index (χ2n) is 7.15. The van der Waals surface area contributed by atoms with Crippen molar-refractivity contribution in [3.63, 3.8) is 0 Å². The third-order valence-corrected chi connectivity index (χ3v) is 4.89. The zero-order valence-corrected chi connectivity index (χ0v) is 15.6. The van der Waals surface area contributed by atoms with Gasteiger partial charge in [-0.1, -0.05) is 32.9 Å². The zero-order chi connectivity index (χ0) is 18.4. The van der Waals surface area contributed by atoms with Gasteiger partial charge < -0.3 is 10.0 Å². The van der Waals surface area contributed by atoms with Gasteiger partial charge in [-0.2, -0.15) is 0 Å². The average molecular weight is 346 g/mol. The summed E-state index contributed by atoms with van der Waals surface area (Å²) in [5.41, 5.74) is 1.84. The highest BCUT2D eigenvalue weighted by Gasteiger charge is 2.32.